The molecule has 6 nitrogen and oxygen atoms in total. The molecule has 0 saturated carbocycles. The number of halogens is 2. The highest BCUT2D eigenvalue weighted by Crippen LogP contribution is 2.29. The molecule has 2 aromatic heterocycles. The zero-order valence-corrected chi connectivity index (χ0v) is 18.0. The molecule has 0 saturated heterocycles. The third-order valence-corrected chi connectivity index (χ3v) is 6.34. The standard InChI is InChI=1S/C19H14Cl2N4O2S2/c20-10-4-6-12-14(8-10)28-18(22-12)24-16(26)2-1-3-17(27)25-19-23-13-7-5-11(21)9-15(13)29-19/h4-9H,1-3H2,(H,22,24,26)(H,23,25,27). The van der Waals surface area contributed by atoms with Gasteiger partial charge in [-0.3, -0.25) is 9.59 Å². The van der Waals surface area contributed by atoms with E-state index in [2.05, 4.69) is 20.6 Å². The number of thiazole rings is 2. The number of rotatable bonds is 6. The Labute approximate surface area is 183 Å². The number of hydrogen-bond acceptors (Lipinski definition) is 6. The second kappa shape index (κ2) is 8.62. The van der Waals surface area contributed by atoms with Crippen LogP contribution < -0.4 is 10.6 Å². The highest BCUT2D eigenvalue weighted by molar-refractivity contribution is 7.22. The average molecular weight is 465 g/mol. The number of carbonyl (C=O) groups is 2. The quantitative estimate of drug-likeness (QED) is 0.368. The van der Waals surface area contributed by atoms with Crippen molar-refractivity contribution in [3.63, 3.8) is 0 Å². The molecule has 0 spiro atoms. The number of nitrogens with one attached hydrogen (secondary N) is 2. The predicted molar refractivity (Wildman–Crippen MR) is 120 cm³/mol. The van der Waals surface area contributed by atoms with E-state index in [9.17, 15) is 9.59 Å². The van der Waals surface area contributed by atoms with Crippen LogP contribution in [0.25, 0.3) is 20.4 Å². The van der Waals surface area contributed by atoms with Crippen molar-refractivity contribution in [2.75, 3.05) is 10.6 Å². The molecule has 4 aromatic rings. The fourth-order valence-electron chi connectivity index (χ4n) is 2.68. The SMILES string of the molecule is O=C(CCCC(=O)Nc1nc2ccc(Cl)cc2s1)Nc1nc2ccc(Cl)cc2s1. The number of anilines is 2. The van der Waals surface area contributed by atoms with Crippen LogP contribution in [-0.2, 0) is 9.59 Å². The number of nitrogens with zero attached hydrogens (tertiary/aromatic N) is 2. The lowest BCUT2D eigenvalue weighted by atomic mass is 10.2. The van der Waals surface area contributed by atoms with Gasteiger partial charge in [-0.2, -0.15) is 0 Å². The first-order chi connectivity index (χ1) is 14.0. The van der Waals surface area contributed by atoms with E-state index in [1.165, 1.54) is 22.7 Å². The predicted octanol–water partition coefficient (Wildman–Crippen LogP) is 5.96. The van der Waals surface area contributed by atoms with Crippen LogP contribution >= 0.6 is 45.9 Å². The Morgan fingerprint density at radius 3 is 1.69 bits per heavy atom. The van der Waals surface area contributed by atoms with Crippen molar-refractivity contribution < 1.29 is 9.59 Å². The summed E-state index contributed by atoms with van der Waals surface area (Å²) in [6.07, 6.45) is 0.865. The minimum Gasteiger partial charge on any atom is -0.302 e. The maximum absolute atomic E-state index is 12.1. The van der Waals surface area contributed by atoms with E-state index in [-0.39, 0.29) is 24.7 Å². The third-order valence-electron chi connectivity index (χ3n) is 4.00. The van der Waals surface area contributed by atoms with Crippen LogP contribution in [0.4, 0.5) is 10.3 Å². The van der Waals surface area contributed by atoms with Crippen LogP contribution in [0.2, 0.25) is 10.0 Å². The molecule has 0 atom stereocenters. The summed E-state index contributed by atoms with van der Waals surface area (Å²) in [7, 11) is 0. The molecule has 29 heavy (non-hydrogen) atoms. The van der Waals surface area contributed by atoms with Gasteiger partial charge in [0.1, 0.15) is 0 Å². The summed E-state index contributed by atoms with van der Waals surface area (Å²) in [4.78, 5) is 32.9. The summed E-state index contributed by atoms with van der Waals surface area (Å²) in [5.74, 6) is -0.366. The number of hydrogen-bond donors (Lipinski definition) is 2. The second-order valence-electron chi connectivity index (χ2n) is 6.21. The van der Waals surface area contributed by atoms with Gasteiger partial charge in [-0.1, -0.05) is 45.9 Å². The first-order valence-electron chi connectivity index (χ1n) is 8.68. The zero-order valence-electron chi connectivity index (χ0n) is 14.9. The van der Waals surface area contributed by atoms with Crippen LogP contribution in [0.1, 0.15) is 19.3 Å². The molecule has 0 radical (unpaired) electrons. The van der Waals surface area contributed by atoms with E-state index in [0.29, 0.717) is 26.7 Å². The van der Waals surface area contributed by atoms with Gasteiger partial charge in [0.15, 0.2) is 10.3 Å². The smallest absolute Gasteiger partial charge is 0.226 e. The molecule has 0 aliphatic carbocycles. The fourth-order valence-corrected chi connectivity index (χ4v) is 4.99. The maximum atomic E-state index is 12.1. The molecule has 0 aliphatic heterocycles. The van der Waals surface area contributed by atoms with Gasteiger partial charge >= 0.3 is 0 Å². The molecular weight excluding hydrogens is 451 g/mol. The van der Waals surface area contributed by atoms with E-state index in [4.69, 9.17) is 23.2 Å². The summed E-state index contributed by atoms with van der Waals surface area (Å²) in [6.45, 7) is 0. The Hall–Kier alpha value is -2.26. The second-order valence-corrected chi connectivity index (χ2v) is 9.15. The van der Waals surface area contributed by atoms with Gasteiger partial charge in [-0.25, -0.2) is 9.97 Å². The number of benzene rings is 2. The van der Waals surface area contributed by atoms with Gasteiger partial charge in [0.2, 0.25) is 11.8 Å². The Balaban J connectivity index is 1.26. The Bertz CT molecular complexity index is 1130. The molecule has 0 unspecified atom stereocenters. The van der Waals surface area contributed by atoms with Crippen LogP contribution in [0.5, 0.6) is 0 Å². The van der Waals surface area contributed by atoms with Crippen molar-refractivity contribution >= 4 is 88.4 Å². The van der Waals surface area contributed by atoms with Crippen molar-refractivity contribution in [3.8, 4) is 0 Å². The molecular formula is C19H14Cl2N4O2S2. The molecule has 0 aliphatic rings. The Morgan fingerprint density at radius 2 is 1.24 bits per heavy atom. The summed E-state index contributed by atoms with van der Waals surface area (Å²) < 4.78 is 1.81. The van der Waals surface area contributed by atoms with Crippen molar-refractivity contribution in [3.05, 3.63) is 46.4 Å². The summed E-state index contributed by atoms with van der Waals surface area (Å²) in [6, 6.07) is 10.8. The van der Waals surface area contributed by atoms with Crippen molar-refractivity contribution in [2.45, 2.75) is 19.3 Å². The average Bonchev–Trinajstić information content (AvgIpc) is 3.23. The summed E-state index contributed by atoms with van der Waals surface area (Å²) in [5, 5.41) is 7.83. The summed E-state index contributed by atoms with van der Waals surface area (Å²) in [5.41, 5.74) is 1.57. The molecule has 148 valence electrons. The maximum Gasteiger partial charge on any atom is 0.226 e. The van der Waals surface area contributed by atoms with E-state index in [0.717, 1.165) is 20.4 Å². The lowest BCUT2D eigenvalue weighted by Crippen LogP contribution is -2.14. The van der Waals surface area contributed by atoms with Gasteiger partial charge in [-0.05, 0) is 42.8 Å². The van der Waals surface area contributed by atoms with Gasteiger partial charge < -0.3 is 10.6 Å². The minimum atomic E-state index is -0.183. The van der Waals surface area contributed by atoms with Gasteiger partial charge in [0.25, 0.3) is 0 Å². The van der Waals surface area contributed by atoms with E-state index in [1.807, 2.05) is 24.3 Å². The van der Waals surface area contributed by atoms with Crippen molar-refractivity contribution in [1.29, 1.82) is 0 Å². The van der Waals surface area contributed by atoms with Crippen LogP contribution in [0.3, 0.4) is 0 Å². The number of carbonyl (C=O) groups excluding carboxylic acids is 2. The van der Waals surface area contributed by atoms with Gasteiger partial charge in [0, 0.05) is 22.9 Å². The molecule has 0 bridgehead atoms. The number of fused-ring (bicyclic) bond motifs is 2. The lowest BCUT2D eigenvalue weighted by molar-refractivity contribution is -0.117. The first-order valence-corrected chi connectivity index (χ1v) is 11.1. The van der Waals surface area contributed by atoms with Gasteiger partial charge in [-0.15, -0.1) is 0 Å². The van der Waals surface area contributed by atoms with Gasteiger partial charge in [0.05, 0.1) is 20.4 Å². The molecule has 4 rings (SSSR count). The van der Waals surface area contributed by atoms with E-state index < -0.39 is 0 Å². The van der Waals surface area contributed by atoms with Crippen molar-refractivity contribution in [2.24, 2.45) is 0 Å². The molecule has 2 aromatic carbocycles. The highest BCUT2D eigenvalue weighted by Gasteiger charge is 2.11. The Kier molecular flexibility index (Phi) is 5.96. The van der Waals surface area contributed by atoms with E-state index in [1.54, 1.807) is 12.1 Å². The third kappa shape index (κ3) is 5.02. The van der Waals surface area contributed by atoms with Crippen LogP contribution in [0.15, 0.2) is 36.4 Å². The topological polar surface area (TPSA) is 84.0 Å². The normalized spacial score (nSPS) is 11.1. The molecule has 2 heterocycles. The molecule has 2 N–H and O–H groups in total. The Morgan fingerprint density at radius 1 is 0.793 bits per heavy atom. The van der Waals surface area contributed by atoms with E-state index >= 15 is 0 Å². The lowest BCUT2D eigenvalue weighted by Gasteiger charge is -2.02. The number of aromatic nitrogens is 2. The van der Waals surface area contributed by atoms with Crippen molar-refractivity contribution in [1.82, 2.24) is 9.97 Å². The highest BCUT2D eigenvalue weighted by atomic mass is 35.5. The molecule has 0 fully saturated rings. The monoisotopic (exact) mass is 464 g/mol. The molecule has 10 heteroatoms. The summed E-state index contributed by atoms with van der Waals surface area (Å²) >= 11 is 14.6. The zero-order chi connectivity index (χ0) is 20.4. The molecule has 2 amide bonds. The number of amides is 2. The first kappa shape index (κ1) is 20.0. The fraction of sp³-hybridized carbons (Fsp3) is 0.158. The minimum absolute atomic E-state index is 0.183. The van der Waals surface area contributed by atoms with Crippen LogP contribution in [0, 0.1) is 0 Å². The van der Waals surface area contributed by atoms with Crippen LogP contribution in [-0.4, -0.2) is 21.8 Å². The largest absolute Gasteiger partial charge is 0.302 e.